The van der Waals surface area contributed by atoms with Crippen LogP contribution in [0.2, 0.25) is 0 Å². The van der Waals surface area contributed by atoms with Gasteiger partial charge in [-0.2, -0.15) is 0 Å². The van der Waals surface area contributed by atoms with Crippen LogP contribution in [0.1, 0.15) is 38.2 Å². The number of nitrogens with two attached hydrogens (primary N) is 1. The summed E-state index contributed by atoms with van der Waals surface area (Å²) in [6.07, 6.45) is 1.01. The molecule has 182 valence electrons. The monoisotopic (exact) mass is 487 g/mol. The Morgan fingerprint density at radius 2 is 1.53 bits per heavy atom. The fraction of sp³-hybridized carbons (Fsp3) is 0.375. The lowest BCUT2D eigenvalue weighted by Crippen LogP contribution is -2.60. The molecule has 1 saturated carbocycles. The highest BCUT2D eigenvalue weighted by molar-refractivity contribution is 7.91. The topological polar surface area (TPSA) is 156 Å². The molecule has 3 rings (SSSR count). The molecule has 1 fully saturated rings. The smallest absolute Gasteiger partial charge is 0.405 e. The number of sulfone groups is 1. The fourth-order valence-corrected chi connectivity index (χ4v) is 5.09. The van der Waals surface area contributed by atoms with Gasteiger partial charge in [0.15, 0.2) is 9.84 Å². The molecule has 1 aliphatic carbocycles. The minimum absolute atomic E-state index is 0.0338. The van der Waals surface area contributed by atoms with Crippen molar-refractivity contribution >= 4 is 27.7 Å². The first-order valence-electron chi connectivity index (χ1n) is 11.1. The number of carboxylic acid groups (broad SMARTS) is 1. The van der Waals surface area contributed by atoms with Crippen LogP contribution in [0.5, 0.6) is 0 Å². The summed E-state index contributed by atoms with van der Waals surface area (Å²) in [5.74, 6) is -1.23. The maximum Gasteiger partial charge on any atom is 0.405 e. The van der Waals surface area contributed by atoms with E-state index in [1.54, 1.807) is 43.3 Å². The summed E-state index contributed by atoms with van der Waals surface area (Å²) in [6.45, 7) is 1.60. The third kappa shape index (κ3) is 5.74. The highest BCUT2D eigenvalue weighted by atomic mass is 32.2. The van der Waals surface area contributed by atoms with Crippen molar-refractivity contribution in [2.45, 2.75) is 55.5 Å². The Labute approximate surface area is 198 Å². The molecule has 0 bridgehead atoms. The normalized spacial score (nSPS) is 15.9. The number of hydrogen-bond acceptors (Lipinski definition) is 5. The minimum atomic E-state index is -3.27. The third-order valence-corrected chi connectivity index (χ3v) is 7.96. The fourth-order valence-electron chi connectivity index (χ4n) is 4.20. The van der Waals surface area contributed by atoms with Crippen molar-refractivity contribution in [2.24, 2.45) is 5.73 Å². The second-order valence-corrected chi connectivity index (χ2v) is 10.8. The number of carbonyl (C=O) groups is 3. The molecule has 1 aliphatic rings. The summed E-state index contributed by atoms with van der Waals surface area (Å²) in [5.41, 5.74) is 6.72. The van der Waals surface area contributed by atoms with Crippen molar-refractivity contribution in [2.75, 3.05) is 5.75 Å². The van der Waals surface area contributed by atoms with Crippen LogP contribution in [0.25, 0.3) is 11.1 Å². The maximum absolute atomic E-state index is 12.9. The van der Waals surface area contributed by atoms with Gasteiger partial charge >= 0.3 is 6.09 Å². The van der Waals surface area contributed by atoms with Gasteiger partial charge in [-0.3, -0.25) is 9.59 Å². The highest BCUT2D eigenvalue weighted by Gasteiger charge is 2.43. The van der Waals surface area contributed by atoms with Crippen LogP contribution in [0.4, 0.5) is 4.79 Å². The van der Waals surface area contributed by atoms with Crippen molar-refractivity contribution in [3.8, 4) is 11.1 Å². The minimum Gasteiger partial charge on any atom is -0.465 e. The molecule has 3 amide bonds. The zero-order valence-corrected chi connectivity index (χ0v) is 19.7. The van der Waals surface area contributed by atoms with Gasteiger partial charge in [0.25, 0.3) is 0 Å². The van der Waals surface area contributed by atoms with Gasteiger partial charge in [-0.1, -0.05) is 56.2 Å². The molecular weight excluding hydrogens is 458 g/mol. The molecule has 1 atom stereocenters. The average Bonchev–Trinajstić information content (AvgIpc) is 3.28. The van der Waals surface area contributed by atoms with Crippen molar-refractivity contribution in [1.29, 1.82) is 0 Å². The second kappa shape index (κ2) is 10.3. The predicted octanol–water partition coefficient (Wildman–Crippen LogP) is 2.24. The molecule has 0 spiro atoms. The van der Waals surface area contributed by atoms with Gasteiger partial charge < -0.3 is 21.5 Å². The van der Waals surface area contributed by atoms with Crippen LogP contribution < -0.4 is 16.4 Å². The first-order chi connectivity index (χ1) is 16.1. The first-order valence-corrected chi connectivity index (χ1v) is 12.7. The molecule has 1 unspecified atom stereocenters. The van der Waals surface area contributed by atoms with Gasteiger partial charge in [0.1, 0.15) is 11.6 Å². The highest BCUT2D eigenvalue weighted by Crippen LogP contribution is 2.30. The van der Waals surface area contributed by atoms with E-state index in [1.807, 2.05) is 12.1 Å². The quantitative estimate of drug-likeness (QED) is 0.425. The largest absolute Gasteiger partial charge is 0.465 e. The molecule has 10 heteroatoms. The van der Waals surface area contributed by atoms with E-state index in [2.05, 4.69) is 10.6 Å². The Hall–Kier alpha value is -3.40. The van der Waals surface area contributed by atoms with E-state index < -0.39 is 39.3 Å². The van der Waals surface area contributed by atoms with E-state index in [0.717, 1.165) is 16.7 Å². The molecule has 2 aromatic carbocycles. The summed E-state index contributed by atoms with van der Waals surface area (Å²) >= 11 is 0. The first kappa shape index (κ1) is 25.2. The van der Waals surface area contributed by atoms with Crippen LogP contribution in [0.3, 0.4) is 0 Å². The summed E-state index contributed by atoms with van der Waals surface area (Å²) in [7, 11) is -3.27. The Bertz CT molecular complexity index is 1150. The van der Waals surface area contributed by atoms with E-state index in [-0.39, 0.29) is 17.1 Å². The van der Waals surface area contributed by atoms with Gasteiger partial charge in [0, 0.05) is 6.42 Å². The number of primary amides is 1. The summed E-state index contributed by atoms with van der Waals surface area (Å²) in [6, 6.07) is 12.9. The Morgan fingerprint density at radius 1 is 1.00 bits per heavy atom. The Balaban J connectivity index is 1.71. The zero-order chi connectivity index (χ0) is 24.9. The maximum atomic E-state index is 12.9. The Kier molecular flexibility index (Phi) is 7.61. The van der Waals surface area contributed by atoms with E-state index >= 15 is 0 Å². The van der Waals surface area contributed by atoms with Crippen molar-refractivity contribution < 1.29 is 27.9 Å². The van der Waals surface area contributed by atoms with Crippen LogP contribution in [0.15, 0.2) is 53.4 Å². The zero-order valence-electron chi connectivity index (χ0n) is 18.9. The standard InChI is InChI=1S/C24H29N3O6S/c1-2-34(32,33)19-11-9-18(10-12-19)17-7-5-16(6-8-17)15-20(21(25)28)26-22(29)24(27-23(30)31)13-3-4-14-24/h5-12,20,27H,2-4,13-15H2,1H3,(H2,25,28)(H,26,29)(H,30,31). The third-order valence-electron chi connectivity index (χ3n) is 6.21. The number of nitrogens with one attached hydrogen (secondary N) is 2. The van der Waals surface area contributed by atoms with Gasteiger partial charge in [-0.05, 0) is 41.7 Å². The lowest BCUT2D eigenvalue weighted by molar-refractivity contribution is -0.131. The molecule has 2 aromatic rings. The number of hydrogen-bond donors (Lipinski definition) is 4. The van der Waals surface area contributed by atoms with Crippen LogP contribution in [0, 0.1) is 0 Å². The van der Waals surface area contributed by atoms with Crippen molar-refractivity contribution in [3.05, 3.63) is 54.1 Å². The lowest BCUT2D eigenvalue weighted by Gasteiger charge is -2.29. The Morgan fingerprint density at radius 3 is 2.00 bits per heavy atom. The van der Waals surface area contributed by atoms with Crippen LogP contribution >= 0.6 is 0 Å². The lowest BCUT2D eigenvalue weighted by atomic mass is 9.95. The van der Waals surface area contributed by atoms with Gasteiger partial charge in [-0.15, -0.1) is 0 Å². The molecule has 0 saturated heterocycles. The summed E-state index contributed by atoms with van der Waals surface area (Å²) in [5, 5.41) is 14.1. The van der Waals surface area contributed by atoms with E-state index in [4.69, 9.17) is 10.8 Å². The summed E-state index contributed by atoms with van der Waals surface area (Å²) < 4.78 is 24.0. The van der Waals surface area contributed by atoms with Gasteiger partial charge in [-0.25, -0.2) is 13.2 Å². The second-order valence-electron chi connectivity index (χ2n) is 8.48. The molecule has 0 aromatic heterocycles. The van der Waals surface area contributed by atoms with E-state index in [0.29, 0.717) is 25.7 Å². The SMILES string of the molecule is CCS(=O)(=O)c1ccc(-c2ccc(CC(NC(=O)C3(NC(=O)O)CCCC3)C(N)=O)cc2)cc1. The van der Waals surface area contributed by atoms with Gasteiger partial charge in [0.05, 0.1) is 10.6 Å². The number of benzene rings is 2. The molecule has 34 heavy (non-hydrogen) atoms. The molecule has 9 nitrogen and oxygen atoms in total. The van der Waals surface area contributed by atoms with Crippen molar-refractivity contribution in [1.82, 2.24) is 10.6 Å². The number of rotatable bonds is 9. The molecule has 0 aliphatic heterocycles. The predicted molar refractivity (Wildman–Crippen MR) is 127 cm³/mol. The number of carbonyl (C=O) groups excluding carboxylic acids is 2. The number of amides is 3. The van der Waals surface area contributed by atoms with Crippen LogP contribution in [-0.4, -0.2) is 48.8 Å². The van der Waals surface area contributed by atoms with Crippen molar-refractivity contribution in [3.63, 3.8) is 0 Å². The molecule has 5 N–H and O–H groups in total. The van der Waals surface area contributed by atoms with E-state index in [1.165, 1.54) is 0 Å². The van der Waals surface area contributed by atoms with E-state index in [9.17, 15) is 22.8 Å². The molecular formula is C24H29N3O6S. The molecule has 0 heterocycles. The average molecular weight is 488 g/mol. The van der Waals surface area contributed by atoms with Gasteiger partial charge in [0.2, 0.25) is 11.8 Å². The molecule has 0 radical (unpaired) electrons. The summed E-state index contributed by atoms with van der Waals surface area (Å²) in [4.78, 5) is 36.4. The van der Waals surface area contributed by atoms with Crippen LogP contribution in [-0.2, 0) is 25.8 Å².